The molecule has 1 aromatic carbocycles. The molecule has 112 valence electrons. The van der Waals surface area contributed by atoms with Crippen LogP contribution in [-0.4, -0.2) is 23.6 Å². The molecule has 0 atom stereocenters. The van der Waals surface area contributed by atoms with Crippen molar-refractivity contribution in [3.8, 4) is 0 Å². The first-order valence-electron chi connectivity index (χ1n) is 7.17. The van der Waals surface area contributed by atoms with Gasteiger partial charge in [-0.2, -0.15) is 4.98 Å². The quantitative estimate of drug-likeness (QED) is 0.832. The number of unbranched alkanes of at least 4 members (excludes halogenated alkanes) is 1. The van der Waals surface area contributed by atoms with E-state index < -0.39 is 0 Å². The molecule has 5 heteroatoms. The summed E-state index contributed by atoms with van der Waals surface area (Å²) in [6, 6.07) is 8.09. The van der Waals surface area contributed by atoms with Crippen molar-refractivity contribution in [1.82, 2.24) is 9.97 Å². The molecular weight excluding hydrogens is 328 g/mol. The second-order valence-electron chi connectivity index (χ2n) is 5.12. The van der Waals surface area contributed by atoms with Crippen LogP contribution < -0.4 is 10.2 Å². The van der Waals surface area contributed by atoms with Crippen LogP contribution in [0.3, 0.4) is 0 Å². The van der Waals surface area contributed by atoms with Crippen molar-refractivity contribution in [1.29, 1.82) is 0 Å². The Kier molecular flexibility index (Phi) is 5.56. The first kappa shape index (κ1) is 15.8. The molecule has 1 heterocycles. The average molecular weight is 349 g/mol. The van der Waals surface area contributed by atoms with Crippen molar-refractivity contribution in [2.75, 3.05) is 23.8 Å². The lowest BCUT2D eigenvalue weighted by atomic mass is 10.2. The summed E-state index contributed by atoms with van der Waals surface area (Å²) in [5, 5.41) is 3.26. The maximum absolute atomic E-state index is 4.57. The molecule has 0 amide bonds. The third-order valence-corrected chi connectivity index (χ3v) is 3.91. The highest BCUT2D eigenvalue weighted by molar-refractivity contribution is 9.10. The summed E-state index contributed by atoms with van der Waals surface area (Å²) in [6.45, 7) is 5.26. The third-order valence-electron chi connectivity index (χ3n) is 3.25. The van der Waals surface area contributed by atoms with Crippen molar-refractivity contribution in [3.63, 3.8) is 0 Å². The second kappa shape index (κ2) is 7.41. The van der Waals surface area contributed by atoms with Crippen LogP contribution in [0, 0.1) is 6.92 Å². The van der Waals surface area contributed by atoms with E-state index in [1.165, 1.54) is 12.0 Å². The SMILES string of the molecule is CCCCN(C)c1ccnc(Nc2ccc(C)cc2Br)n1. The first-order valence-corrected chi connectivity index (χ1v) is 7.97. The van der Waals surface area contributed by atoms with Gasteiger partial charge in [0, 0.05) is 24.3 Å². The number of anilines is 3. The van der Waals surface area contributed by atoms with Crippen LogP contribution in [0.25, 0.3) is 0 Å². The highest BCUT2D eigenvalue weighted by Crippen LogP contribution is 2.26. The Morgan fingerprint density at radius 1 is 1.29 bits per heavy atom. The molecule has 0 saturated carbocycles. The highest BCUT2D eigenvalue weighted by atomic mass is 79.9. The Morgan fingerprint density at radius 3 is 2.81 bits per heavy atom. The molecule has 0 unspecified atom stereocenters. The van der Waals surface area contributed by atoms with Crippen LogP contribution in [0.2, 0.25) is 0 Å². The van der Waals surface area contributed by atoms with Crippen molar-refractivity contribution >= 4 is 33.4 Å². The molecule has 0 bridgehead atoms. The van der Waals surface area contributed by atoms with Gasteiger partial charge in [0.25, 0.3) is 0 Å². The van der Waals surface area contributed by atoms with Crippen molar-refractivity contribution in [2.45, 2.75) is 26.7 Å². The topological polar surface area (TPSA) is 41.1 Å². The van der Waals surface area contributed by atoms with Crippen LogP contribution in [0.5, 0.6) is 0 Å². The van der Waals surface area contributed by atoms with Gasteiger partial charge in [-0.05, 0) is 53.0 Å². The zero-order chi connectivity index (χ0) is 15.2. The lowest BCUT2D eigenvalue weighted by Crippen LogP contribution is -2.20. The molecule has 21 heavy (non-hydrogen) atoms. The maximum Gasteiger partial charge on any atom is 0.229 e. The van der Waals surface area contributed by atoms with Gasteiger partial charge in [0.2, 0.25) is 5.95 Å². The lowest BCUT2D eigenvalue weighted by Gasteiger charge is -2.18. The van der Waals surface area contributed by atoms with E-state index in [0.29, 0.717) is 5.95 Å². The van der Waals surface area contributed by atoms with Crippen LogP contribution in [0.1, 0.15) is 25.3 Å². The van der Waals surface area contributed by atoms with Crippen LogP contribution in [0.4, 0.5) is 17.5 Å². The van der Waals surface area contributed by atoms with Gasteiger partial charge < -0.3 is 10.2 Å². The summed E-state index contributed by atoms with van der Waals surface area (Å²) in [6.07, 6.45) is 4.12. The van der Waals surface area contributed by atoms with E-state index in [1.807, 2.05) is 12.1 Å². The average Bonchev–Trinajstić information content (AvgIpc) is 2.48. The molecule has 1 aromatic heterocycles. The van der Waals surface area contributed by atoms with Gasteiger partial charge >= 0.3 is 0 Å². The molecular formula is C16H21BrN4. The number of halogens is 1. The van der Waals surface area contributed by atoms with Gasteiger partial charge in [-0.1, -0.05) is 19.4 Å². The fourth-order valence-corrected chi connectivity index (χ4v) is 2.57. The van der Waals surface area contributed by atoms with Crippen LogP contribution >= 0.6 is 15.9 Å². The van der Waals surface area contributed by atoms with E-state index in [2.05, 4.69) is 69.1 Å². The van der Waals surface area contributed by atoms with E-state index in [0.717, 1.165) is 28.9 Å². The van der Waals surface area contributed by atoms with Crippen LogP contribution in [0.15, 0.2) is 34.9 Å². The molecule has 1 N–H and O–H groups in total. The predicted octanol–water partition coefficient (Wildman–Crippen LogP) is 4.53. The normalized spacial score (nSPS) is 10.5. The number of hydrogen-bond donors (Lipinski definition) is 1. The van der Waals surface area contributed by atoms with Crippen molar-refractivity contribution < 1.29 is 0 Å². The smallest absolute Gasteiger partial charge is 0.229 e. The molecule has 4 nitrogen and oxygen atoms in total. The van der Waals surface area contributed by atoms with Crippen molar-refractivity contribution in [2.24, 2.45) is 0 Å². The fraction of sp³-hybridized carbons (Fsp3) is 0.375. The zero-order valence-electron chi connectivity index (χ0n) is 12.7. The molecule has 0 aliphatic heterocycles. The molecule has 0 aliphatic rings. The second-order valence-corrected chi connectivity index (χ2v) is 5.98. The number of hydrogen-bond acceptors (Lipinski definition) is 4. The van der Waals surface area contributed by atoms with Gasteiger partial charge in [-0.15, -0.1) is 0 Å². The van der Waals surface area contributed by atoms with Gasteiger partial charge in [0.05, 0.1) is 5.69 Å². The minimum Gasteiger partial charge on any atom is -0.360 e. The van der Waals surface area contributed by atoms with Gasteiger partial charge in [0.15, 0.2) is 0 Å². The monoisotopic (exact) mass is 348 g/mol. The van der Waals surface area contributed by atoms with E-state index >= 15 is 0 Å². The van der Waals surface area contributed by atoms with Gasteiger partial charge in [0.1, 0.15) is 5.82 Å². The number of aryl methyl sites for hydroxylation is 1. The molecule has 2 aromatic rings. The number of nitrogens with one attached hydrogen (secondary N) is 1. The Labute approximate surface area is 134 Å². The lowest BCUT2D eigenvalue weighted by molar-refractivity contribution is 0.759. The summed E-state index contributed by atoms with van der Waals surface area (Å²) in [5.41, 5.74) is 2.18. The first-order chi connectivity index (χ1) is 10.1. The molecule has 0 saturated heterocycles. The Balaban J connectivity index is 2.13. The van der Waals surface area contributed by atoms with E-state index in [4.69, 9.17) is 0 Å². The summed E-state index contributed by atoms with van der Waals surface area (Å²) in [5.74, 6) is 1.55. The van der Waals surface area contributed by atoms with Crippen LogP contribution in [-0.2, 0) is 0 Å². The molecule has 0 fully saturated rings. The number of nitrogens with zero attached hydrogens (tertiary/aromatic N) is 3. The Morgan fingerprint density at radius 2 is 2.10 bits per heavy atom. The minimum atomic E-state index is 0.611. The Bertz CT molecular complexity index is 601. The predicted molar refractivity (Wildman–Crippen MR) is 92.4 cm³/mol. The largest absolute Gasteiger partial charge is 0.360 e. The molecule has 0 spiro atoms. The summed E-state index contributed by atoms with van der Waals surface area (Å²) in [4.78, 5) is 11.0. The van der Waals surface area contributed by atoms with E-state index in [9.17, 15) is 0 Å². The Hall–Kier alpha value is -1.62. The molecule has 0 aliphatic carbocycles. The summed E-state index contributed by atoms with van der Waals surface area (Å²) >= 11 is 3.56. The van der Waals surface area contributed by atoms with E-state index in [1.54, 1.807) is 6.20 Å². The summed E-state index contributed by atoms with van der Waals surface area (Å²) < 4.78 is 1.01. The summed E-state index contributed by atoms with van der Waals surface area (Å²) in [7, 11) is 2.06. The van der Waals surface area contributed by atoms with Crippen molar-refractivity contribution in [3.05, 3.63) is 40.5 Å². The minimum absolute atomic E-state index is 0.611. The standard InChI is InChI=1S/C16H21BrN4/c1-4-5-10-21(3)15-8-9-18-16(20-15)19-14-7-6-12(2)11-13(14)17/h6-9,11H,4-5,10H2,1-3H3,(H,18,19,20). The third kappa shape index (κ3) is 4.43. The number of benzene rings is 1. The van der Waals surface area contributed by atoms with Gasteiger partial charge in [-0.3, -0.25) is 0 Å². The number of rotatable bonds is 6. The van der Waals surface area contributed by atoms with E-state index in [-0.39, 0.29) is 0 Å². The highest BCUT2D eigenvalue weighted by Gasteiger charge is 2.06. The molecule has 0 radical (unpaired) electrons. The van der Waals surface area contributed by atoms with Gasteiger partial charge in [-0.25, -0.2) is 4.98 Å². The fourth-order valence-electron chi connectivity index (χ4n) is 1.97. The number of aromatic nitrogens is 2. The molecule has 2 rings (SSSR count). The maximum atomic E-state index is 4.57. The zero-order valence-corrected chi connectivity index (χ0v) is 14.3.